The number of hydrogen-bond donors (Lipinski definition) is 1. The lowest BCUT2D eigenvalue weighted by Crippen LogP contribution is -2.26. The molecular weight excluding hydrogens is 244 g/mol. The third-order valence-electron chi connectivity index (χ3n) is 3.43. The van der Waals surface area contributed by atoms with Gasteiger partial charge in [0, 0.05) is 17.5 Å². The molecule has 2 heterocycles. The van der Waals surface area contributed by atoms with Crippen molar-refractivity contribution < 1.29 is 0 Å². The number of aromatic nitrogens is 3. The highest BCUT2D eigenvalue weighted by Crippen LogP contribution is 2.34. The average molecular weight is 262 g/mol. The van der Waals surface area contributed by atoms with Crippen molar-refractivity contribution in [2.75, 3.05) is 6.54 Å². The minimum absolute atomic E-state index is 0.668. The monoisotopic (exact) mass is 262 g/mol. The van der Waals surface area contributed by atoms with Gasteiger partial charge in [0.1, 0.15) is 0 Å². The molecule has 5 heteroatoms. The largest absolute Gasteiger partial charge is 0.314 e. The third kappa shape index (κ3) is 2.37. The summed E-state index contributed by atoms with van der Waals surface area (Å²) < 4.78 is 2.07. The van der Waals surface area contributed by atoms with Gasteiger partial charge in [0.25, 0.3) is 0 Å². The van der Waals surface area contributed by atoms with E-state index >= 15 is 0 Å². The lowest BCUT2D eigenvalue weighted by atomic mass is 10.2. The molecule has 2 aromatic rings. The van der Waals surface area contributed by atoms with E-state index in [2.05, 4.69) is 26.8 Å². The summed E-state index contributed by atoms with van der Waals surface area (Å²) in [7, 11) is 0. The lowest BCUT2D eigenvalue weighted by Gasteiger charge is -2.10. The quantitative estimate of drug-likeness (QED) is 0.918. The number of pyridine rings is 1. The Morgan fingerprint density at radius 3 is 3.22 bits per heavy atom. The number of hydrogen-bond acceptors (Lipinski definition) is 4. The number of thioether (sulfide) groups is 1. The van der Waals surface area contributed by atoms with Crippen LogP contribution in [0.15, 0.2) is 29.6 Å². The van der Waals surface area contributed by atoms with Crippen molar-refractivity contribution >= 4 is 17.4 Å². The number of nitrogens with one attached hydrogen (secondary N) is 1. The molecule has 1 fully saturated rings. The van der Waals surface area contributed by atoms with E-state index < -0.39 is 0 Å². The molecule has 0 spiro atoms. The molecule has 1 N–H and O–H groups in total. The third-order valence-corrected chi connectivity index (χ3v) is 4.68. The molecule has 2 aromatic heterocycles. The first kappa shape index (κ1) is 12.0. The van der Waals surface area contributed by atoms with Gasteiger partial charge >= 0.3 is 0 Å². The number of fused-ring (bicyclic) bond motifs is 1. The van der Waals surface area contributed by atoms with Crippen LogP contribution >= 0.6 is 11.8 Å². The fourth-order valence-corrected chi connectivity index (χ4v) is 3.81. The predicted octanol–water partition coefficient (Wildman–Crippen LogP) is 2.35. The van der Waals surface area contributed by atoms with Crippen molar-refractivity contribution in [3.05, 3.63) is 24.4 Å². The van der Waals surface area contributed by atoms with Crippen LogP contribution in [0.1, 0.15) is 26.2 Å². The van der Waals surface area contributed by atoms with Crippen LogP contribution < -0.4 is 5.32 Å². The van der Waals surface area contributed by atoms with Gasteiger partial charge in [-0.05, 0) is 37.9 Å². The summed E-state index contributed by atoms with van der Waals surface area (Å²) in [5.74, 6) is 0. The Morgan fingerprint density at radius 2 is 2.33 bits per heavy atom. The molecule has 18 heavy (non-hydrogen) atoms. The van der Waals surface area contributed by atoms with Crippen LogP contribution in [-0.2, 0) is 0 Å². The molecule has 0 aliphatic heterocycles. The van der Waals surface area contributed by atoms with E-state index in [1.54, 1.807) is 0 Å². The predicted molar refractivity (Wildman–Crippen MR) is 73.9 cm³/mol. The molecule has 0 bridgehead atoms. The summed E-state index contributed by atoms with van der Waals surface area (Å²) in [4.78, 5) is 0. The summed E-state index contributed by atoms with van der Waals surface area (Å²) in [6, 6.07) is 6.70. The van der Waals surface area contributed by atoms with Crippen LogP contribution in [0.3, 0.4) is 0 Å². The maximum atomic E-state index is 4.29. The van der Waals surface area contributed by atoms with Gasteiger partial charge in [0.15, 0.2) is 10.8 Å². The highest BCUT2D eigenvalue weighted by atomic mass is 32.2. The molecule has 0 aromatic carbocycles. The Labute approximate surface area is 111 Å². The van der Waals surface area contributed by atoms with E-state index in [0.717, 1.165) is 17.3 Å². The van der Waals surface area contributed by atoms with Crippen molar-refractivity contribution in [1.82, 2.24) is 19.9 Å². The molecule has 0 amide bonds. The minimum atomic E-state index is 0.668. The van der Waals surface area contributed by atoms with Crippen molar-refractivity contribution in [3.63, 3.8) is 0 Å². The van der Waals surface area contributed by atoms with Gasteiger partial charge in [-0.3, -0.25) is 4.40 Å². The normalized spacial score (nSPS) is 23.8. The summed E-state index contributed by atoms with van der Waals surface area (Å²) in [5.41, 5.74) is 0.932. The average Bonchev–Trinajstić information content (AvgIpc) is 2.99. The van der Waals surface area contributed by atoms with Crippen LogP contribution in [0.2, 0.25) is 0 Å². The van der Waals surface area contributed by atoms with Gasteiger partial charge in [-0.1, -0.05) is 24.8 Å². The Kier molecular flexibility index (Phi) is 3.52. The zero-order chi connectivity index (χ0) is 12.4. The highest BCUT2D eigenvalue weighted by molar-refractivity contribution is 7.99. The van der Waals surface area contributed by atoms with Gasteiger partial charge in [-0.2, -0.15) is 0 Å². The lowest BCUT2D eigenvalue weighted by molar-refractivity contribution is 0.543. The topological polar surface area (TPSA) is 42.2 Å². The summed E-state index contributed by atoms with van der Waals surface area (Å²) in [6.07, 6.45) is 5.82. The molecule has 3 rings (SSSR count). The van der Waals surface area contributed by atoms with Gasteiger partial charge in [0.05, 0.1) is 0 Å². The first-order valence-corrected chi connectivity index (χ1v) is 7.44. The SMILES string of the molecule is CCNC1CCC(Sc2nnc3ccccn23)C1. The molecule has 0 radical (unpaired) electrons. The number of nitrogens with zero attached hydrogens (tertiary/aromatic N) is 3. The van der Waals surface area contributed by atoms with Crippen molar-refractivity contribution in [3.8, 4) is 0 Å². The van der Waals surface area contributed by atoms with E-state index in [0.29, 0.717) is 11.3 Å². The Morgan fingerprint density at radius 1 is 1.39 bits per heavy atom. The summed E-state index contributed by atoms with van der Waals surface area (Å²) >= 11 is 1.87. The summed E-state index contributed by atoms with van der Waals surface area (Å²) in [5, 5.41) is 13.7. The maximum absolute atomic E-state index is 4.29. The van der Waals surface area contributed by atoms with Crippen LogP contribution in [0.4, 0.5) is 0 Å². The fraction of sp³-hybridized carbons (Fsp3) is 0.538. The standard InChI is InChI=1S/C13H18N4S/c1-2-14-10-6-7-11(9-10)18-13-16-15-12-5-3-4-8-17(12)13/h3-5,8,10-11,14H,2,6-7,9H2,1H3. The zero-order valence-electron chi connectivity index (χ0n) is 10.5. The number of rotatable bonds is 4. The molecule has 1 saturated carbocycles. The van der Waals surface area contributed by atoms with Crippen LogP contribution in [0.25, 0.3) is 5.65 Å². The second-order valence-corrected chi connectivity index (χ2v) is 5.99. The van der Waals surface area contributed by atoms with Gasteiger partial charge in [0.2, 0.25) is 0 Å². The first-order valence-electron chi connectivity index (χ1n) is 6.56. The first-order chi connectivity index (χ1) is 8.86. The van der Waals surface area contributed by atoms with E-state index in [9.17, 15) is 0 Å². The van der Waals surface area contributed by atoms with Crippen LogP contribution in [0.5, 0.6) is 0 Å². The van der Waals surface area contributed by atoms with Gasteiger partial charge in [-0.25, -0.2) is 0 Å². The van der Waals surface area contributed by atoms with Crippen LogP contribution in [-0.4, -0.2) is 32.4 Å². The second-order valence-electron chi connectivity index (χ2n) is 4.72. The zero-order valence-corrected chi connectivity index (χ0v) is 11.4. The molecular formula is C13H18N4S. The molecule has 4 nitrogen and oxygen atoms in total. The van der Waals surface area contributed by atoms with Crippen molar-refractivity contribution in [1.29, 1.82) is 0 Å². The Hall–Kier alpha value is -1.07. The second kappa shape index (κ2) is 5.28. The van der Waals surface area contributed by atoms with E-state index in [1.807, 2.05) is 36.2 Å². The molecule has 2 unspecified atom stereocenters. The minimum Gasteiger partial charge on any atom is -0.314 e. The molecule has 2 atom stereocenters. The summed E-state index contributed by atoms with van der Waals surface area (Å²) in [6.45, 7) is 3.24. The molecule has 96 valence electrons. The van der Waals surface area contributed by atoms with Gasteiger partial charge in [-0.15, -0.1) is 10.2 Å². The van der Waals surface area contributed by atoms with E-state index in [1.165, 1.54) is 19.3 Å². The fourth-order valence-electron chi connectivity index (χ4n) is 2.57. The molecule has 0 saturated heterocycles. The Bertz CT molecular complexity index is 524. The Balaban J connectivity index is 1.70. The molecule has 1 aliphatic carbocycles. The smallest absolute Gasteiger partial charge is 0.195 e. The van der Waals surface area contributed by atoms with Crippen molar-refractivity contribution in [2.24, 2.45) is 0 Å². The van der Waals surface area contributed by atoms with Crippen molar-refractivity contribution in [2.45, 2.75) is 42.6 Å². The van der Waals surface area contributed by atoms with Crippen LogP contribution in [0, 0.1) is 0 Å². The molecule has 1 aliphatic rings. The van der Waals surface area contributed by atoms with E-state index in [4.69, 9.17) is 0 Å². The maximum Gasteiger partial charge on any atom is 0.195 e. The van der Waals surface area contributed by atoms with E-state index in [-0.39, 0.29) is 0 Å². The highest BCUT2D eigenvalue weighted by Gasteiger charge is 2.26. The van der Waals surface area contributed by atoms with Gasteiger partial charge < -0.3 is 5.32 Å².